The average Bonchev–Trinajstić information content (AvgIpc) is 3.10. The first-order valence-electron chi connectivity index (χ1n) is 7.91. The normalized spacial score (nSPS) is 12.8. The van der Waals surface area contributed by atoms with Crippen molar-refractivity contribution in [2.45, 2.75) is 12.2 Å². The summed E-state index contributed by atoms with van der Waals surface area (Å²) in [6.07, 6.45) is -3.29. The Morgan fingerprint density at radius 2 is 2.00 bits per heavy atom. The Morgan fingerprint density at radius 1 is 1.29 bits per heavy atom. The van der Waals surface area contributed by atoms with Crippen molar-refractivity contribution in [3.8, 4) is 17.2 Å². The molecule has 0 spiro atoms. The van der Waals surface area contributed by atoms with E-state index in [1.165, 1.54) is 31.4 Å². The number of carbonyl (C=O) groups excluding carboxylic acids is 1. The number of primary amides is 1. The molecule has 1 amide bonds. The number of hydrogen-bond donors (Lipinski definition) is 2. The maximum atomic E-state index is 13.0. The number of nitrogens with zero attached hydrogens (tertiary/aromatic N) is 2. The van der Waals surface area contributed by atoms with Gasteiger partial charge < -0.3 is 20.6 Å². The molecule has 7 nitrogen and oxygen atoms in total. The molecule has 0 fully saturated rings. The molecule has 3 aromatic rings. The number of nitrogens with two attached hydrogens (primary N) is 2. The molecular weight excluding hydrogens is 377 g/mol. The average molecular weight is 392 g/mol. The van der Waals surface area contributed by atoms with Gasteiger partial charge >= 0.3 is 6.18 Å². The van der Waals surface area contributed by atoms with E-state index in [-0.39, 0.29) is 34.0 Å². The van der Waals surface area contributed by atoms with Crippen LogP contribution in [-0.4, -0.2) is 23.0 Å². The second kappa shape index (κ2) is 6.97. The molecule has 0 aliphatic carbocycles. The maximum Gasteiger partial charge on any atom is 0.433 e. The molecule has 0 saturated carbocycles. The van der Waals surface area contributed by atoms with E-state index >= 15 is 0 Å². The van der Waals surface area contributed by atoms with Crippen LogP contribution in [0, 0.1) is 0 Å². The zero-order valence-corrected chi connectivity index (χ0v) is 14.6. The number of ether oxygens (including phenoxy) is 1. The topological polar surface area (TPSA) is 117 Å². The van der Waals surface area contributed by atoms with Gasteiger partial charge in [0, 0.05) is 10.9 Å². The highest BCUT2D eigenvalue weighted by Crippen LogP contribution is 2.37. The van der Waals surface area contributed by atoms with Crippen molar-refractivity contribution in [1.82, 2.24) is 9.97 Å². The van der Waals surface area contributed by atoms with Crippen molar-refractivity contribution in [2.75, 3.05) is 7.11 Å². The molecule has 10 heteroatoms. The molecule has 0 aliphatic rings. The summed E-state index contributed by atoms with van der Waals surface area (Å²) >= 11 is 0. The lowest BCUT2D eigenvalue weighted by atomic mass is 10.1. The summed E-state index contributed by atoms with van der Waals surface area (Å²) in [7, 11) is 1.31. The van der Waals surface area contributed by atoms with E-state index in [1.54, 1.807) is 0 Å². The van der Waals surface area contributed by atoms with Crippen molar-refractivity contribution in [3.05, 3.63) is 54.1 Å². The number of halogens is 3. The largest absolute Gasteiger partial charge is 0.494 e. The molecule has 1 aromatic carbocycles. The minimum Gasteiger partial charge on any atom is -0.494 e. The number of carbonyl (C=O) groups is 1. The zero-order valence-electron chi connectivity index (χ0n) is 14.6. The SMILES string of the molecule is C=C[C@H](N)c1oc(-c2ccc(OC)c3nc(C(F)(F)F)ccc23)nc1C(N)=O. The third-order valence-corrected chi connectivity index (χ3v) is 4.00. The van der Waals surface area contributed by atoms with Gasteiger partial charge in [-0.1, -0.05) is 6.08 Å². The van der Waals surface area contributed by atoms with Crippen LogP contribution in [0.3, 0.4) is 0 Å². The van der Waals surface area contributed by atoms with E-state index in [1.807, 2.05) is 0 Å². The molecule has 0 radical (unpaired) electrons. The van der Waals surface area contributed by atoms with Crippen molar-refractivity contribution < 1.29 is 27.1 Å². The lowest BCUT2D eigenvalue weighted by molar-refractivity contribution is -0.140. The highest BCUT2D eigenvalue weighted by atomic mass is 19.4. The lowest BCUT2D eigenvalue weighted by Crippen LogP contribution is -2.17. The number of methoxy groups -OCH3 is 1. The van der Waals surface area contributed by atoms with E-state index < -0.39 is 23.8 Å². The minimum absolute atomic E-state index is 0.00124. The molecule has 28 heavy (non-hydrogen) atoms. The van der Waals surface area contributed by atoms with Gasteiger partial charge in [-0.2, -0.15) is 13.2 Å². The van der Waals surface area contributed by atoms with Gasteiger partial charge in [0.25, 0.3) is 5.91 Å². The van der Waals surface area contributed by atoms with Crippen LogP contribution in [0.5, 0.6) is 5.75 Å². The fraction of sp³-hybridized carbons (Fsp3) is 0.167. The van der Waals surface area contributed by atoms with Crippen molar-refractivity contribution in [3.63, 3.8) is 0 Å². The second-order valence-corrected chi connectivity index (χ2v) is 5.76. The van der Waals surface area contributed by atoms with Gasteiger partial charge in [0.1, 0.15) is 17.0 Å². The molecule has 1 atom stereocenters. The van der Waals surface area contributed by atoms with Crippen molar-refractivity contribution in [2.24, 2.45) is 11.5 Å². The van der Waals surface area contributed by atoms with E-state index in [0.717, 1.165) is 6.07 Å². The van der Waals surface area contributed by atoms with Gasteiger partial charge in [-0.25, -0.2) is 9.97 Å². The molecule has 2 heterocycles. The van der Waals surface area contributed by atoms with Crippen LogP contribution >= 0.6 is 0 Å². The van der Waals surface area contributed by atoms with Gasteiger partial charge in [-0.05, 0) is 24.3 Å². The van der Waals surface area contributed by atoms with Gasteiger partial charge in [0.05, 0.1) is 13.2 Å². The Bertz CT molecular complexity index is 1080. The molecule has 0 bridgehead atoms. The molecule has 2 aromatic heterocycles. The molecule has 4 N–H and O–H groups in total. The Labute approximate surface area is 156 Å². The van der Waals surface area contributed by atoms with Crippen LogP contribution in [0.15, 0.2) is 41.3 Å². The Hall–Kier alpha value is -3.40. The number of aromatic nitrogens is 2. The molecule has 146 valence electrons. The fourth-order valence-corrected chi connectivity index (χ4v) is 2.66. The quantitative estimate of drug-likeness (QED) is 0.644. The molecule has 0 unspecified atom stereocenters. The van der Waals surface area contributed by atoms with E-state index in [0.29, 0.717) is 5.56 Å². The summed E-state index contributed by atoms with van der Waals surface area (Å²) in [5.74, 6) is -0.774. The predicted octanol–water partition coefficient (Wildman–Crippen LogP) is 3.20. The number of benzene rings is 1. The lowest BCUT2D eigenvalue weighted by Gasteiger charge is -2.11. The second-order valence-electron chi connectivity index (χ2n) is 5.76. The predicted molar refractivity (Wildman–Crippen MR) is 94.4 cm³/mol. The monoisotopic (exact) mass is 392 g/mol. The summed E-state index contributed by atoms with van der Waals surface area (Å²) in [4.78, 5) is 19.4. The van der Waals surface area contributed by atoms with Crippen LogP contribution in [0.2, 0.25) is 0 Å². The van der Waals surface area contributed by atoms with Crippen LogP contribution in [-0.2, 0) is 6.18 Å². The summed E-state index contributed by atoms with van der Waals surface area (Å²) in [6, 6.07) is 4.16. The van der Waals surface area contributed by atoms with Crippen molar-refractivity contribution >= 4 is 16.8 Å². The number of rotatable bonds is 5. The minimum atomic E-state index is -4.62. The first kappa shape index (κ1) is 19.4. The standard InChI is InChI=1S/C18H15F3N4O3/c1-3-10(22)15-14(16(23)26)25-17(28-15)9-4-6-11(27-2)13-8(9)5-7-12(24-13)18(19,20)21/h3-7,10H,1,22H2,2H3,(H2,23,26)/t10-/m0/s1. The number of amides is 1. The number of fused-ring (bicyclic) bond motifs is 1. The Kier molecular flexibility index (Phi) is 4.82. The smallest absolute Gasteiger partial charge is 0.433 e. The van der Waals surface area contributed by atoms with Crippen LogP contribution in [0.1, 0.15) is 28.0 Å². The molecule has 0 saturated heterocycles. The van der Waals surface area contributed by atoms with E-state index in [9.17, 15) is 18.0 Å². The van der Waals surface area contributed by atoms with Crippen LogP contribution in [0.25, 0.3) is 22.4 Å². The first-order valence-corrected chi connectivity index (χ1v) is 7.91. The Balaban J connectivity index is 2.27. The summed E-state index contributed by atoms with van der Waals surface area (Å²) in [6.45, 7) is 3.53. The number of oxazole rings is 1. The van der Waals surface area contributed by atoms with E-state index in [4.69, 9.17) is 20.6 Å². The summed E-state index contributed by atoms with van der Waals surface area (Å²) < 4.78 is 49.8. The zero-order chi connectivity index (χ0) is 20.6. The van der Waals surface area contributed by atoms with Crippen LogP contribution < -0.4 is 16.2 Å². The van der Waals surface area contributed by atoms with Gasteiger partial charge in [-0.3, -0.25) is 4.79 Å². The van der Waals surface area contributed by atoms with Crippen molar-refractivity contribution in [1.29, 1.82) is 0 Å². The highest BCUT2D eigenvalue weighted by Gasteiger charge is 2.33. The van der Waals surface area contributed by atoms with Gasteiger partial charge in [0.15, 0.2) is 11.5 Å². The third kappa shape index (κ3) is 3.29. The van der Waals surface area contributed by atoms with Gasteiger partial charge in [0.2, 0.25) is 5.89 Å². The van der Waals surface area contributed by atoms with E-state index in [2.05, 4.69) is 16.5 Å². The molecule has 0 aliphatic heterocycles. The fourth-order valence-electron chi connectivity index (χ4n) is 2.66. The number of pyridine rings is 1. The maximum absolute atomic E-state index is 13.0. The number of alkyl halides is 3. The van der Waals surface area contributed by atoms with Gasteiger partial charge in [-0.15, -0.1) is 6.58 Å². The van der Waals surface area contributed by atoms with Crippen LogP contribution in [0.4, 0.5) is 13.2 Å². The third-order valence-electron chi connectivity index (χ3n) is 4.00. The first-order chi connectivity index (χ1) is 13.2. The highest BCUT2D eigenvalue weighted by molar-refractivity contribution is 5.97. The Morgan fingerprint density at radius 3 is 2.57 bits per heavy atom. The molecule has 3 rings (SSSR count). The summed E-state index contributed by atoms with van der Waals surface area (Å²) in [5, 5.41) is 0.281. The molecular formula is C18H15F3N4O3. The number of hydrogen-bond acceptors (Lipinski definition) is 6. The summed E-state index contributed by atoms with van der Waals surface area (Å²) in [5.41, 5.74) is 10.1.